The number of thioether (sulfide) groups is 1. The lowest BCUT2D eigenvalue weighted by atomic mass is 10.2. The fraction of sp³-hybridized carbons (Fsp3) is 0.471. The third-order valence-electron chi connectivity index (χ3n) is 4.21. The second-order valence-corrected chi connectivity index (χ2v) is 7.15. The van der Waals surface area contributed by atoms with E-state index in [-0.39, 0.29) is 24.7 Å². The van der Waals surface area contributed by atoms with Gasteiger partial charge in [-0.15, -0.1) is 11.8 Å². The summed E-state index contributed by atoms with van der Waals surface area (Å²) in [6.07, 6.45) is -0.269. The van der Waals surface area contributed by atoms with Gasteiger partial charge in [0.15, 0.2) is 6.73 Å². The maximum absolute atomic E-state index is 12.3. The quantitative estimate of drug-likeness (QED) is 0.600. The van der Waals surface area contributed by atoms with E-state index >= 15 is 0 Å². The molecule has 0 unspecified atom stereocenters. The molecular formula is C17H20N2O6S. The largest absolute Gasteiger partial charge is 0.468 e. The molecule has 3 atom stereocenters. The topological polar surface area (TPSA) is 94.2 Å². The molecule has 0 saturated carbocycles. The minimum absolute atomic E-state index is 0.123. The van der Waals surface area contributed by atoms with Crippen molar-refractivity contribution in [1.82, 2.24) is 10.2 Å². The Bertz CT molecular complexity index is 670. The zero-order valence-corrected chi connectivity index (χ0v) is 15.1. The zero-order valence-electron chi connectivity index (χ0n) is 14.3. The first-order chi connectivity index (χ1) is 12.6. The number of benzene rings is 1. The molecule has 0 aromatic heterocycles. The molecule has 0 spiro atoms. The van der Waals surface area contributed by atoms with Gasteiger partial charge in [0.2, 0.25) is 0 Å². The second-order valence-electron chi connectivity index (χ2n) is 5.92. The van der Waals surface area contributed by atoms with Crippen LogP contribution in [0.25, 0.3) is 0 Å². The Balaban J connectivity index is 1.55. The predicted octanol–water partition coefficient (Wildman–Crippen LogP) is 1.10. The number of ether oxygens (including phenoxy) is 3. The van der Waals surface area contributed by atoms with Crippen LogP contribution in [0.4, 0.5) is 4.79 Å². The third-order valence-corrected chi connectivity index (χ3v) is 5.46. The van der Waals surface area contributed by atoms with Crippen molar-refractivity contribution >= 4 is 29.8 Å². The van der Waals surface area contributed by atoms with Crippen LogP contribution in [0.3, 0.4) is 0 Å². The smallest absolute Gasteiger partial charge is 0.413 e. The molecule has 0 aliphatic carbocycles. The van der Waals surface area contributed by atoms with Gasteiger partial charge < -0.3 is 14.2 Å². The Morgan fingerprint density at radius 1 is 1.35 bits per heavy atom. The minimum Gasteiger partial charge on any atom is -0.468 e. The van der Waals surface area contributed by atoms with E-state index < -0.39 is 24.1 Å². The molecule has 2 aliphatic heterocycles. The minimum atomic E-state index is -0.736. The highest BCUT2D eigenvalue weighted by atomic mass is 32.2. The summed E-state index contributed by atoms with van der Waals surface area (Å²) >= 11 is 1.51. The van der Waals surface area contributed by atoms with E-state index in [1.165, 1.54) is 23.8 Å². The number of amides is 1. The van der Waals surface area contributed by atoms with E-state index in [1.807, 2.05) is 30.3 Å². The lowest BCUT2D eigenvalue weighted by Crippen LogP contribution is -2.44. The van der Waals surface area contributed by atoms with Gasteiger partial charge in [-0.2, -0.15) is 0 Å². The summed E-state index contributed by atoms with van der Waals surface area (Å²) in [6.45, 7) is -0.00708. The standard InChI is InChI=1S/C17H20N2O6S/c1-23-15(20)12-9-26-14(18-12)7-13-16(21)25-10-19(13)17(22)24-8-11-5-3-2-4-6-11/h2-6,12-14,18H,7-10H2,1H3/t12-,13-,14+/m0/s1. The van der Waals surface area contributed by atoms with E-state index in [9.17, 15) is 14.4 Å². The number of cyclic esters (lactones) is 1. The van der Waals surface area contributed by atoms with Crippen LogP contribution in [-0.2, 0) is 30.4 Å². The molecule has 1 N–H and O–H groups in total. The molecule has 1 amide bonds. The molecule has 9 heteroatoms. The first kappa shape index (κ1) is 18.5. The normalized spacial score (nSPS) is 25.0. The number of nitrogens with one attached hydrogen (secondary N) is 1. The van der Waals surface area contributed by atoms with Gasteiger partial charge in [0.1, 0.15) is 18.7 Å². The van der Waals surface area contributed by atoms with Crippen LogP contribution < -0.4 is 5.32 Å². The molecule has 8 nitrogen and oxygen atoms in total. The van der Waals surface area contributed by atoms with Crippen molar-refractivity contribution in [3.8, 4) is 0 Å². The Morgan fingerprint density at radius 2 is 2.12 bits per heavy atom. The molecule has 2 aliphatic rings. The Labute approximate surface area is 155 Å². The number of carbonyl (C=O) groups is 3. The molecule has 2 saturated heterocycles. The van der Waals surface area contributed by atoms with Crippen molar-refractivity contribution < 1.29 is 28.6 Å². The first-order valence-electron chi connectivity index (χ1n) is 8.18. The van der Waals surface area contributed by atoms with Gasteiger partial charge in [-0.3, -0.25) is 15.0 Å². The fourth-order valence-electron chi connectivity index (χ4n) is 2.80. The van der Waals surface area contributed by atoms with E-state index in [2.05, 4.69) is 5.32 Å². The first-order valence-corrected chi connectivity index (χ1v) is 9.23. The van der Waals surface area contributed by atoms with Gasteiger partial charge in [-0.05, 0) is 5.56 Å². The molecule has 2 heterocycles. The van der Waals surface area contributed by atoms with Gasteiger partial charge >= 0.3 is 18.0 Å². The number of rotatable bonds is 5. The van der Waals surface area contributed by atoms with Crippen LogP contribution in [-0.4, -0.2) is 60.0 Å². The van der Waals surface area contributed by atoms with Crippen LogP contribution in [0.2, 0.25) is 0 Å². The van der Waals surface area contributed by atoms with Gasteiger partial charge in [0.25, 0.3) is 0 Å². The third kappa shape index (κ3) is 4.28. The molecule has 1 aromatic rings. The van der Waals surface area contributed by atoms with E-state index in [4.69, 9.17) is 14.2 Å². The fourth-order valence-corrected chi connectivity index (χ4v) is 4.04. The number of esters is 2. The highest BCUT2D eigenvalue weighted by Crippen LogP contribution is 2.27. The van der Waals surface area contributed by atoms with Crippen molar-refractivity contribution in [2.24, 2.45) is 0 Å². The lowest BCUT2D eigenvalue weighted by Gasteiger charge is -2.22. The SMILES string of the molecule is COC(=O)[C@@H]1CS[C@H](C[C@H]2C(=O)OCN2C(=O)OCc2ccccc2)N1. The number of nitrogens with zero attached hydrogens (tertiary/aromatic N) is 1. The predicted molar refractivity (Wildman–Crippen MR) is 93.0 cm³/mol. The number of methoxy groups -OCH3 is 1. The molecule has 26 heavy (non-hydrogen) atoms. The molecule has 0 radical (unpaired) electrons. The molecule has 3 rings (SSSR count). The second kappa shape index (κ2) is 8.41. The summed E-state index contributed by atoms with van der Waals surface area (Å²) < 4.78 is 15.0. The van der Waals surface area contributed by atoms with Gasteiger partial charge in [-0.1, -0.05) is 30.3 Å². The van der Waals surface area contributed by atoms with Crippen LogP contribution in [0.1, 0.15) is 12.0 Å². The van der Waals surface area contributed by atoms with E-state index in [0.717, 1.165) is 5.56 Å². The van der Waals surface area contributed by atoms with Crippen molar-refractivity contribution in [3.05, 3.63) is 35.9 Å². The van der Waals surface area contributed by atoms with Crippen LogP contribution >= 0.6 is 11.8 Å². The highest BCUT2D eigenvalue weighted by molar-refractivity contribution is 8.00. The van der Waals surface area contributed by atoms with Crippen molar-refractivity contribution in [2.75, 3.05) is 19.6 Å². The van der Waals surface area contributed by atoms with E-state index in [1.54, 1.807) is 0 Å². The lowest BCUT2D eigenvalue weighted by molar-refractivity contribution is -0.142. The summed E-state index contributed by atoms with van der Waals surface area (Å²) in [5.41, 5.74) is 0.859. The summed E-state index contributed by atoms with van der Waals surface area (Å²) in [7, 11) is 1.33. The van der Waals surface area contributed by atoms with Crippen LogP contribution in [0.15, 0.2) is 30.3 Å². The van der Waals surface area contributed by atoms with Crippen molar-refractivity contribution in [1.29, 1.82) is 0 Å². The van der Waals surface area contributed by atoms with Crippen LogP contribution in [0, 0.1) is 0 Å². The molecule has 2 fully saturated rings. The summed E-state index contributed by atoms with van der Waals surface area (Å²) in [5.74, 6) is -0.254. The molecule has 0 bridgehead atoms. The maximum atomic E-state index is 12.3. The summed E-state index contributed by atoms with van der Waals surface area (Å²) in [6, 6.07) is 8.14. The average molecular weight is 380 g/mol. The van der Waals surface area contributed by atoms with Crippen molar-refractivity contribution in [2.45, 2.75) is 30.5 Å². The maximum Gasteiger partial charge on any atom is 0.413 e. The monoisotopic (exact) mass is 380 g/mol. The highest BCUT2D eigenvalue weighted by Gasteiger charge is 2.42. The number of hydrogen-bond acceptors (Lipinski definition) is 8. The molecular weight excluding hydrogens is 360 g/mol. The van der Waals surface area contributed by atoms with E-state index in [0.29, 0.717) is 12.2 Å². The molecule has 1 aromatic carbocycles. The Morgan fingerprint density at radius 3 is 2.85 bits per heavy atom. The Kier molecular flexibility index (Phi) is 6.00. The summed E-state index contributed by atoms with van der Waals surface area (Å²) in [4.78, 5) is 37.2. The molecule has 140 valence electrons. The van der Waals surface area contributed by atoms with Gasteiger partial charge in [-0.25, -0.2) is 9.59 Å². The van der Waals surface area contributed by atoms with Crippen LogP contribution in [0.5, 0.6) is 0 Å². The van der Waals surface area contributed by atoms with Gasteiger partial charge in [0.05, 0.1) is 12.5 Å². The average Bonchev–Trinajstić information content (AvgIpc) is 3.28. The summed E-state index contributed by atoms with van der Waals surface area (Å²) in [5, 5.41) is 2.95. The van der Waals surface area contributed by atoms with Crippen molar-refractivity contribution in [3.63, 3.8) is 0 Å². The zero-order chi connectivity index (χ0) is 18.5. The number of hydrogen-bond donors (Lipinski definition) is 1. The Hall–Kier alpha value is -2.26. The number of carbonyl (C=O) groups excluding carboxylic acids is 3. The van der Waals surface area contributed by atoms with Gasteiger partial charge in [0, 0.05) is 12.2 Å².